The molecule has 15 heavy (non-hydrogen) atoms. The Morgan fingerprint density at radius 3 is 2.80 bits per heavy atom. The molecule has 0 aliphatic carbocycles. The molecule has 90 valence electrons. The molecule has 0 aromatic rings. The Morgan fingerprint density at radius 1 is 1.33 bits per heavy atom. The summed E-state index contributed by atoms with van der Waals surface area (Å²) in [7, 11) is 1.65. The largest absolute Gasteiger partial charge is 0.409 e. The lowest BCUT2D eigenvalue weighted by molar-refractivity contribution is 0.0720. The van der Waals surface area contributed by atoms with E-state index >= 15 is 0 Å². The van der Waals surface area contributed by atoms with Gasteiger partial charge < -0.3 is 25.7 Å². The van der Waals surface area contributed by atoms with Crippen LogP contribution in [0.1, 0.15) is 12.8 Å². The first kappa shape index (κ1) is 14.2. The second kappa shape index (κ2) is 11.2. The highest BCUT2D eigenvalue weighted by molar-refractivity contribution is 5.79. The molecule has 0 aromatic heterocycles. The van der Waals surface area contributed by atoms with Crippen molar-refractivity contribution in [2.24, 2.45) is 10.9 Å². The monoisotopic (exact) mass is 219 g/mol. The lowest BCUT2D eigenvalue weighted by Gasteiger charge is -2.05. The number of methoxy groups -OCH3 is 1. The quantitative estimate of drug-likeness (QED) is 0.155. The number of amidine groups is 1. The van der Waals surface area contributed by atoms with Crippen molar-refractivity contribution in [3.05, 3.63) is 0 Å². The predicted octanol–water partition coefficient (Wildman–Crippen LogP) is -0.234. The normalized spacial score (nSPS) is 11.9. The second-order valence-corrected chi connectivity index (χ2v) is 3.05. The number of nitrogens with zero attached hydrogens (tertiary/aromatic N) is 1. The van der Waals surface area contributed by atoms with Gasteiger partial charge in [-0.3, -0.25) is 0 Å². The fraction of sp³-hybridized carbons (Fsp3) is 0.889. The summed E-state index contributed by atoms with van der Waals surface area (Å²) in [5.41, 5.74) is 5.30. The minimum absolute atomic E-state index is 0.271. The molecule has 0 bridgehead atoms. The molecule has 6 heteroatoms. The van der Waals surface area contributed by atoms with Crippen molar-refractivity contribution in [2.75, 3.05) is 40.0 Å². The molecule has 0 unspecified atom stereocenters. The highest BCUT2D eigenvalue weighted by atomic mass is 16.5. The van der Waals surface area contributed by atoms with E-state index in [1.807, 2.05) is 0 Å². The summed E-state index contributed by atoms with van der Waals surface area (Å²) < 4.78 is 10.1. The van der Waals surface area contributed by atoms with Gasteiger partial charge in [0, 0.05) is 20.1 Å². The molecule has 0 rings (SSSR count). The fourth-order valence-electron chi connectivity index (χ4n) is 0.958. The maximum Gasteiger partial charge on any atom is 0.139 e. The molecule has 0 saturated carbocycles. The summed E-state index contributed by atoms with van der Waals surface area (Å²) in [6.07, 6.45) is 1.46. The average Bonchev–Trinajstić information content (AvgIpc) is 2.26. The summed E-state index contributed by atoms with van der Waals surface area (Å²) in [6, 6.07) is 0. The van der Waals surface area contributed by atoms with Crippen LogP contribution in [0.4, 0.5) is 0 Å². The molecule has 0 aromatic carbocycles. The molecular formula is C9H21N3O3. The Morgan fingerprint density at radius 2 is 2.13 bits per heavy atom. The van der Waals surface area contributed by atoms with Crippen LogP contribution in [0.25, 0.3) is 0 Å². The zero-order chi connectivity index (χ0) is 11.4. The minimum atomic E-state index is 0.271. The molecule has 4 N–H and O–H groups in total. The van der Waals surface area contributed by atoms with E-state index in [-0.39, 0.29) is 5.84 Å². The van der Waals surface area contributed by atoms with Crippen LogP contribution in [-0.2, 0) is 9.47 Å². The first-order valence-electron chi connectivity index (χ1n) is 5.05. The summed E-state index contributed by atoms with van der Waals surface area (Å²) >= 11 is 0. The van der Waals surface area contributed by atoms with Gasteiger partial charge in [0.2, 0.25) is 0 Å². The standard InChI is InChI=1S/C9H21N3O3/c1-14-7-8-15-6-5-11-4-2-3-9(10)12-13/h11,13H,2-8H2,1H3,(H2,10,12). The zero-order valence-corrected chi connectivity index (χ0v) is 9.24. The van der Waals surface area contributed by atoms with Crippen LogP contribution in [-0.4, -0.2) is 51.1 Å². The molecule has 6 nitrogen and oxygen atoms in total. The van der Waals surface area contributed by atoms with Crippen molar-refractivity contribution < 1.29 is 14.7 Å². The molecule has 0 fully saturated rings. The van der Waals surface area contributed by atoms with Gasteiger partial charge in [0.1, 0.15) is 5.84 Å². The van der Waals surface area contributed by atoms with Gasteiger partial charge in [-0.15, -0.1) is 0 Å². The predicted molar refractivity (Wildman–Crippen MR) is 58.2 cm³/mol. The zero-order valence-electron chi connectivity index (χ0n) is 9.24. The smallest absolute Gasteiger partial charge is 0.139 e. The van der Waals surface area contributed by atoms with Gasteiger partial charge in [0.15, 0.2) is 0 Å². The second-order valence-electron chi connectivity index (χ2n) is 3.05. The van der Waals surface area contributed by atoms with Crippen LogP contribution in [0, 0.1) is 0 Å². The number of nitrogens with one attached hydrogen (secondary N) is 1. The van der Waals surface area contributed by atoms with E-state index in [9.17, 15) is 0 Å². The number of nitrogens with two attached hydrogens (primary N) is 1. The molecule has 0 spiro atoms. The average molecular weight is 219 g/mol. The van der Waals surface area contributed by atoms with Crippen molar-refractivity contribution >= 4 is 5.84 Å². The Balaban J connectivity index is 2.99. The third-order valence-corrected chi connectivity index (χ3v) is 1.77. The molecule has 0 amide bonds. The first-order chi connectivity index (χ1) is 7.31. The van der Waals surface area contributed by atoms with Crippen molar-refractivity contribution in [3.8, 4) is 0 Å². The van der Waals surface area contributed by atoms with Crippen molar-refractivity contribution in [3.63, 3.8) is 0 Å². The van der Waals surface area contributed by atoms with Gasteiger partial charge in [0.25, 0.3) is 0 Å². The van der Waals surface area contributed by atoms with Crippen LogP contribution in [0.15, 0.2) is 5.16 Å². The third-order valence-electron chi connectivity index (χ3n) is 1.77. The van der Waals surface area contributed by atoms with Crippen LogP contribution in [0.2, 0.25) is 0 Å². The summed E-state index contributed by atoms with van der Waals surface area (Å²) in [5, 5.41) is 14.3. The van der Waals surface area contributed by atoms with Gasteiger partial charge in [-0.25, -0.2) is 0 Å². The van der Waals surface area contributed by atoms with Gasteiger partial charge in [-0.05, 0) is 13.0 Å². The van der Waals surface area contributed by atoms with E-state index in [1.54, 1.807) is 7.11 Å². The van der Waals surface area contributed by atoms with Crippen LogP contribution >= 0.6 is 0 Å². The molecule has 0 aliphatic heterocycles. The van der Waals surface area contributed by atoms with Gasteiger partial charge in [-0.2, -0.15) is 0 Å². The topological polar surface area (TPSA) is 89.1 Å². The SMILES string of the molecule is COCCOCCNCCCC(N)=NO. The maximum absolute atomic E-state index is 8.27. The number of hydrogen-bond donors (Lipinski definition) is 3. The van der Waals surface area contributed by atoms with Crippen LogP contribution in [0.5, 0.6) is 0 Å². The molecular weight excluding hydrogens is 198 g/mol. The lowest BCUT2D eigenvalue weighted by atomic mass is 10.3. The fourth-order valence-corrected chi connectivity index (χ4v) is 0.958. The number of hydrogen-bond acceptors (Lipinski definition) is 5. The molecule has 0 aliphatic rings. The molecule has 0 atom stereocenters. The van der Waals surface area contributed by atoms with E-state index in [2.05, 4.69) is 10.5 Å². The number of oxime groups is 1. The Bertz CT molecular complexity index is 165. The maximum atomic E-state index is 8.27. The summed E-state index contributed by atoms with van der Waals surface area (Å²) in [6.45, 7) is 3.57. The van der Waals surface area contributed by atoms with Crippen molar-refractivity contribution in [1.29, 1.82) is 0 Å². The highest BCUT2D eigenvalue weighted by Crippen LogP contribution is 1.86. The van der Waals surface area contributed by atoms with E-state index in [4.69, 9.17) is 20.4 Å². The number of rotatable bonds is 10. The lowest BCUT2D eigenvalue weighted by Crippen LogP contribution is -2.23. The Hall–Kier alpha value is -0.850. The molecule has 0 radical (unpaired) electrons. The van der Waals surface area contributed by atoms with E-state index in [0.29, 0.717) is 26.2 Å². The third kappa shape index (κ3) is 11.1. The summed E-state index contributed by atoms with van der Waals surface area (Å²) in [4.78, 5) is 0. The van der Waals surface area contributed by atoms with Crippen LogP contribution in [0.3, 0.4) is 0 Å². The summed E-state index contributed by atoms with van der Waals surface area (Å²) in [5.74, 6) is 0.271. The minimum Gasteiger partial charge on any atom is -0.409 e. The number of ether oxygens (including phenoxy) is 2. The van der Waals surface area contributed by atoms with Gasteiger partial charge >= 0.3 is 0 Å². The van der Waals surface area contributed by atoms with Crippen molar-refractivity contribution in [2.45, 2.75) is 12.8 Å². The Labute approximate surface area is 90.4 Å². The van der Waals surface area contributed by atoms with E-state index < -0.39 is 0 Å². The Kier molecular flexibility index (Phi) is 10.6. The van der Waals surface area contributed by atoms with E-state index in [0.717, 1.165) is 19.5 Å². The van der Waals surface area contributed by atoms with Gasteiger partial charge in [0.05, 0.1) is 19.8 Å². The first-order valence-corrected chi connectivity index (χ1v) is 5.05. The molecule has 0 saturated heterocycles. The van der Waals surface area contributed by atoms with Crippen molar-refractivity contribution in [1.82, 2.24) is 5.32 Å². The van der Waals surface area contributed by atoms with E-state index in [1.165, 1.54) is 0 Å². The highest BCUT2D eigenvalue weighted by Gasteiger charge is 1.93. The molecule has 0 heterocycles. The van der Waals surface area contributed by atoms with Crippen LogP contribution < -0.4 is 11.1 Å². The van der Waals surface area contributed by atoms with Gasteiger partial charge in [-0.1, -0.05) is 5.16 Å².